The third-order valence-corrected chi connectivity index (χ3v) is 2.88. The van der Waals surface area contributed by atoms with E-state index in [0.717, 1.165) is 13.0 Å². The van der Waals surface area contributed by atoms with Crippen molar-refractivity contribution in [2.75, 3.05) is 11.9 Å². The summed E-state index contributed by atoms with van der Waals surface area (Å²) < 4.78 is 19.0. The van der Waals surface area contributed by atoms with Gasteiger partial charge < -0.3 is 10.1 Å². The second-order valence-electron chi connectivity index (χ2n) is 3.82. The fraction of sp³-hybridized carbons (Fsp3) is 0.231. The maximum Gasteiger partial charge on any atom is 0.225 e. The van der Waals surface area contributed by atoms with Crippen LogP contribution in [0.1, 0.15) is 13.3 Å². The number of anilines is 1. The number of ether oxygens (including phenoxy) is 1. The molecule has 2 aromatic rings. The molecule has 19 heavy (non-hydrogen) atoms. The molecule has 2 rings (SSSR count). The Hall–Kier alpha value is -1.69. The molecule has 4 nitrogen and oxygen atoms in total. The predicted octanol–water partition coefficient (Wildman–Crippen LogP) is 3.99. The van der Waals surface area contributed by atoms with Crippen LogP contribution in [0.15, 0.2) is 34.9 Å². The first-order valence-corrected chi connectivity index (χ1v) is 6.68. The van der Waals surface area contributed by atoms with Crippen LogP contribution in [-0.2, 0) is 0 Å². The Kier molecular flexibility index (Phi) is 4.68. The summed E-state index contributed by atoms with van der Waals surface area (Å²) in [5, 5.41) is 3.07. The molecule has 0 atom stereocenters. The molecule has 1 aromatic carbocycles. The highest BCUT2D eigenvalue weighted by Gasteiger charge is 2.04. The minimum absolute atomic E-state index is 0.333. The van der Waals surface area contributed by atoms with Gasteiger partial charge in [0.05, 0.1) is 4.47 Å². The lowest BCUT2D eigenvalue weighted by molar-refractivity contribution is 0.460. The van der Waals surface area contributed by atoms with Crippen LogP contribution < -0.4 is 10.1 Å². The molecule has 0 aliphatic carbocycles. The monoisotopic (exact) mass is 325 g/mol. The molecule has 0 fully saturated rings. The molecule has 0 bridgehead atoms. The van der Waals surface area contributed by atoms with Crippen LogP contribution in [0.2, 0.25) is 0 Å². The Bertz CT molecular complexity index is 565. The molecule has 0 saturated heterocycles. The largest absolute Gasteiger partial charge is 0.439 e. The zero-order valence-corrected chi connectivity index (χ0v) is 11.9. The van der Waals surface area contributed by atoms with Gasteiger partial charge in [-0.25, -0.2) is 9.37 Å². The highest BCUT2D eigenvalue weighted by molar-refractivity contribution is 9.10. The number of halogens is 2. The van der Waals surface area contributed by atoms with Crippen LogP contribution in [0.3, 0.4) is 0 Å². The number of nitrogens with one attached hydrogen (secondary N) is 1. The summed E-state index contributed by atoms with van der Waals surface area (Å²) in [7, 11) is 0. The molecule has 0 saturated carbocycles. The van der Waals surface area contributed by atoms with E-state index in [9.17, 15) is 4.39 Å². The minimum atomic E-state index is -0.333. The van der Waals surface area contributed by atoms with Crippen LogP contribution in [0.4, 0.5) is 10.3 Å². The lowest BCUT2D eigenvalue weighted by atomic mass is 10.3. The second kappa shape index (κ2) is 6.47. The average molecular weight is 326 g/mol. The lowest BCUT2D eigenvalue weighted by Crippen LogP contribution is -2.04. The van der Waals surface area contributed by atoms with E-state index >= 15 is 0 Å². The topological polar surface area (TPSA) is 47.0 Å². The van der Waals surface area contributed by atoms with E-state index in [4.69, 9.17) is 4.74 Å². The maximum absolute atomic E-state index is 13.1. The highest BCUT2D eigenvalue weighted by atomic mass is 79.9. The van der Waals surface area contributed by atoms with Crippen molar-refractivity contribution in [2.45, 2.75) is 13.3 Å². The van der Waals surface area contributed by atoms with E-state index in [2.05, 4.69) is 38.1 Å². The Morgan fingerprint density at radius 2 is 2.21 bits per heavy atom. The Labute approximate surface area is 119 Å². The zero-order chi connectivity index (χ0) is 13.7. The van der Waals surface area contributed by atoms with Crippen molar-refractivity contribution >= 4 is 21.9 Å². The number of nitrogens with zero attached hydrogens (tertiary/aromatic N) is 2. The molecular weight excluding hydrogens is 313 g/mol. The van der Waals surface area contributed by atoms with Gasteiger partial charge in [0.1, 0.15) is 11.6 Å². The quantitative estimate of drug-likeness (QED) is 0.902. The van der Waals surface area contributed by atoms with Crippen LogP contribution in [0.5, 0.6) is 11.6 Å². The molecule has 1 heterocycles. The fourth-order valence-corrected chi connectivity index (χ4v) is 1.74. The van der Waals surface area contributed by atoms with Crippen molar-refractivity contribution in [3.63, 3.8) is 0 Å². The molecule has 100 valence electrons. The Morgan fingerprint density at radius 1 is 1.37 bits per heavy atom. The third-order valence-electron chi connectivity index (χ3n) is 2.28. The molecule has 0 aliphatic rings. The molecule has 1 N–H and O–H groups in total. The first kappa shape index (κ1) is 13.7. The third kappa shape index (κ3) is 3.89. The van der Waals surface area contributed by atoms with Gasteiger partial charge in [-0.15, -0.1) is 0 Å². The summed E-state index contributed by atoms with van der Waals surface area (Å²) in [6.45, 7) is 2.86. The summed E-state index contributed by atoms with van der Waals surface area (Å²) in [5.41, 5.74) is 0. The second-order valence-corrected chi connectivity index (χ2v) is 4.68. The Morgan fingerprint density at radius 3 is 2.95 bits per heavy atom. The van der Waals surface area contributed by atoms with Crippen molar-refractivity contribution in [1.82, 2.24) is 9.97 Å². The van der Waals surface area contributed by atoms with Gasteiger partial charge in [0, 0.05) is 18.8 Å². The Balaban J connectivity index is 2.11. The number of rotatable bonds is 5. The first-order chi connectivity index (χ1) is 9.19. The molecule has 0 unspecified atom stereocenters. The van der Waals surface area contributed by atoms with Gasteiger partial charge in [0.25, 0.3) is 0 Å². The molecule has 6 heteroatoms. The molecular formula is C13H13BrFN3O. The van der Waals surface area contributed by atoms with E-state index in [1.807, 2.05) is 0 Å². The van der Waals surface area contributed by atoms with Gasteiger partial charge in [0.2, 0.25) is 11.8 Å². The van der Waals surface area contributed by atoms with Gasteiger partial charge in [-0.05, 0) is 40.5 Å². The van der Waals surface area contributed by atoms with Crippen molar-refractivity contribution in [3.05, 3.63) is 40.8 Å². The molecule has 0 radical (unpaired) electrons. The van der Waals surface area contributed by atoms with Crippen LogP contribution in [0, 0.1) is 5.82 Å². The van der Waals surface area contributed by atoms with E-state index < -0.39 is 0 Å². The van der Waals surface area contributed by atoms with Crippen molar-refractivity contribution in [3.8, 4) is 11.6 Å². The van der Waals surface area contributed by atoms with Gasteiger partial charge in [-0.1, -0.05) is 6.92 Å². The fourth-order valence-electron chi connectivity index (χ4n) is 1.38. The van der Waals surface area contributed by atoms with Crippen LogP contribution in [-0.4, -0.2) is 16.5 Å². The van der Waals surface area contributed by atoms with E-state index in [1.54, 1.807) is 24.4 Å². The number of benzene rings is 1. The van der Waals surface area contributed by atoms with Crippen LogP contribution in [0.25, 0.3) is 0 Å². The van der Waals surface area contributed by atoms with Gasteiger partial charge >= 0.3 is 0 Å². The summed E-state index contributed by atoms with van der Waals surface area (Å²) in [6, 6.07) is 6.07. The molecule has 0 aliphatic heterocycles. The van der Waals surface area contributed by atoms with Crippen molar-refractivity contribution < 1.29 is 9.13 Å². The standard InChI is InChI=1S/C13H13BrFN3O/c1-2-6-16-13-17-7-5-12(18-13)19-9-3-4-11(15)10(14)8-9/h3-5,7-8H,2,6H2,1H3,(H,16,17,18). The summed E-state index contributed by atoms with van der Waals surface area (Å²) in [4.78, 5) is 8.28. The predicted molar refractivity (Wildman–Crippen MR) is 75.0 cm³/mol. The normalized spacial score (nSPS) is 10.3. The molecule has 0 amide bonds. The SMILES string of the molecule is CCCNc1nccc(Oc2ccc(F)c(Br)c2)n1. The van der Waals surface area contributed by atoms with E-state index in [0.29, 0.717) is 22.1 Å². The van der Waals surface area contributed by atoms with Crippen molar-refractivity contribution in [1.29, 1.82) is 0 Å². The zero-order valence-electron chi connectivity index (χ0n) is 10.4. The minimum Gasteiger partial charge on any atom is -0.439 e. The van der Waals surface area contributed by atoms with Gasteiger partial charge in [0.15, 0.2) is 0 Å². The summed E-state index contributed by atoms with van der Waals surface area (Å²) in [6.07, 6.45) is 2.60. The van der Waals surface area contributed by atoms with E-state index in [-0.39, 0.29) is 5.82 Å². The van der Waals surface area contributed by atoms with Crippen LogP contribution >= 0.6 is 15.9 Å². The van der Waals surface area contributed by atoms with Gasteiger partial charge in [-0.2, -0.15) is 4.98 Å². The molecule has 0 spiro atoms. The van der Waals surface area contributed by atoms with Crippen molar-refractivity contribution in [2.24, 2.45) is 0 Å². The number of hydrogen-bond acceptors (Lipinski definition) is 4. The first-order valence-electron chi connectivity index (χ1n) is 5.89. The lowest BCUT2D eigenvalue weighted by Gasteiger charge is -2.07. The smallest absolute Gasteiger partial charge is 0.225 e. The number of aromatic nitrogens is 2. The highest BCUT2D eigenvalue weighted by Crippen LogP contribution is 2.25. The van der Waals surface area contributed by atoms with E-state index in [1.165, 1.54) is 6.07 Å². The summed E-state index contributed by atoms with van der Waals surface area (Å²) in [5.74, 6) is 1.10. The maximum atomic E-state index is 13.1. The average Bonchev–Trinajstić information content (AvgIpc) is 2.41. The number of hydrogen-bond donors (Lipinski definition) is 1. The molecule has 1 aromatic heterocycles. The summed E-state index contributed by atoms with van der Waals surface area (Å²) >= 11 is 3.11. The van der Waals surface area contributed by atoms with Gasteiger partial charge in [-0.3, -0.25) is 0 Å².